The Kier molecular flexibility index (Phi) is 4.17. The third-order valence-electron chi connectivity index (χ3n) is 5.53. The molecule has 28 heavy (non-hydrogen) atoms. The topological polar surface area (TPSA) is 50.4 Å². The summed E-state index contributed by atoms with van der Waals surface area (Å²) in [6.45, 7) is 2.24. The molecular weight excluding hydrogens is 380 g/mol. The van der Waals surface area contributed by atoms with E-state index in [1.165, 1.54) is 18.2 Å². The van der Waals surface area contributed by atoms with Crippen LogP contribution in [-0.4, -0.2) is 26.5 Å². The van der Waals surface area contributed by atoms with Crippen molar-refractivity contribution in [2.24, 2.45) is 4.99 Å². The van der Waals surface area contributed by atoms with Gasteiger partial charge in [-0.25, -0.2) is 13.8 Å². The van der Waals surface area contributed by atoms with Gasteiger partial charge >= 0.3 is 0 Å². The molecule has 5 rings (SSSR count). The van der Waals surface area contributed by atoms with Crippen LogP contribution < -0.4 is 0 Å². The standard InChI is InChI=1S/C21H19F2N3OS/c1-11-9-24-17-10-25-20(19-14(22)3-2-4-15(19)23)18-13-7-5-12(27)6-8-16(13)28-21(18)26(11)17/h2-4,9,12,27H,5-8,10H2,1H3. The number of aliphatic imine (C=N–C) groups is 1. The van der Waals surface area contributed by atoms with E-state index in [-0.39, 0.29) is 18.2 Å². The van der Waals surface area contributed by atoms with Crippen molar-refractivity contribution in [2.45, 2.75) is 45.3 Å². The molecule has 0 bridgehead atoms. The van der Waals surface area contributed by atoms with E-state index in [4.69, 9.17) is 0 Å². The van der Waals surface area contributed by atoms with Crippen molar-refractivity contribution in [3.63, 3.8) is 0 Å². The van der Waals surface area contributed by atoms with Crippen LogP contribution in [0.1, 0.15) is 45.9 Å². The van der Waals surface area contributed by atoms with Gasteiger partial charge in [-0.1, -0.05) is 6.07 Å². The summed E-state index contributed by atoms with van der Waals surface area (Å²) in [7, 11) is 0. The lowest BCUT2D eigenvalue weighted by Gasteiger charge is -2.13. The Balaban J connectivity index is 1.81. The number of aryl methyl sites for hydroxylation is 2. The first-order chi connectivity index (χ1) is 13.5. The molecule has 7 heteroatoms. The fourth-order valence-corrected chi connectivity index (χ4v) is 5.59. The number of aliphatic hydroxyl groups is 1. The third kappa shape index (κ3) is 2.64. The van der Waals surface area contributed by atoms with Crippen LogP contribution >= 0.6 is 11.3 Å². The highest BCUT2D eigenvalue weighted by Crippen LogP contribution is 2.40. The maximum atomic E-state index is 14.7. The molecule has 3 heterocycles. The van der Waals surface area contributed by atoms with E-state index in [1.54, 1.807) is 17.5 Å². The zero-order valence-corrected chi connectivity index (χ0v) is 16.2. The van der Waals surface area contributed by atoms with E-state index in [0.29, 0.717) is 25.0 Å². The Hall–Kier alpha value is -2.38. The first-order valence-corrected chi connectivity index (χ1v) is 10.2. The van der Waals surface area contributed by atoms with Crippen LogP contribution in [0.2, 0.25) is 0 Å². The van der Waals surface area contributed by atoms with Crippen LogP contribution in [-0.2, 0) is 19.4 Å². The van der Waals surface area contributed by atoms with Gasteiger partial charge in [-0.2, -0.15) is 0 Å². The number of hydrogen-bond acceptors (Lipinski definition) is 4. The van der Waals surface area contributed by atoms with Gasteiger partial charge in [-0.05, 0) is 50.3 Å². The molecule has 2 aliphatic rings. The van der Waals surface area contributed by atoms with Crippen LogP contribution in [0.3, 0.4) is 0 Å². The van der Waals surface area contributed by atoms with E-state index < -0.39 is 11.6 Å². The van der Waals surface area contributed by atoms with Crippen LogP contribution in [0.5, 0.6) is 0 Å². The summed E-state index contributed by atoms with van der Waals surface area (Å²) in [6.07, 6.45) is 4.21. The molecule has 1 aromatic carbocycles. The number of imidazole rings is 1. The smallest absolute Gasteiger partial charge is 0.135 e. The van der Waals surface area contributed by atoms with Gasteiger partial charge in [-0.15, -0.1) is 11.3 Å². The van der Waals surface area contributed by atoms with Gasteiger partial charge in [-0.3, -0.25) is 9.56 Å². The minimum absolute atomic E-state index is 0.0856. The highest BCUT2D eigenvalue weighted by atomic mass is 32.1. The van der Waals surface area contributed by atoms with Gasteiger partial charge in [0.1, 0.15) is 22.5 Å². The second kappa shape index (κ2) is 6.60. The number of hydrogen-bond donors (Lipinski definition) is 1. The molecule has 4 nitrogen and oxygen atoms in total. The first kappa shape index (κ1) is 17.7. The van der Waals surface area contributed by atoms with E-state index >= 15 is 0 Å². The SMILES string of the molecule is Cc1cnc2n1-c1sc3c(c1C(c1c(F)cccc1F)=NC2)CCC(O)CC3. The largest absolute Gasteiger partial charge is 0.393 e. The minimum atomic E-state index is -0.616. The van der Waals surface area contributed by atoms with Crippen molar-refractivity contribution in [1.29, 1.82) is 0 Å². The van der Waals surface area contributed by atoms with Crippen LogP contribution in [0, 0.1) is 18.6 Å². The molecule has 1 N–H and O–H groups in total. The minimum Gasteiger partial charge on any atom is -0.393 e. The Morgan fingerprint density at radius 3 is 2.68 bits per heavy atom. The summed E-state index contributed by atoms with van der Waals surface area (Å²) >= 11 is 1.62. The molecule has 0 radical (unpaired) electrons. The van der Waals surface area contributed by atoms with Crippen molar-refractivity contribution < 1.29 is 13.9 Å². The van der Waals surface area contributed by atoms with Gasteiger partial charge in [0.15, 0.2) is 0 Å². The van der Waals surface area contributed by atoms with Crippen molar-refractivity contribution in [3.05, 3.63) is 69.1 Å². The molecule has 1 aliphatic heterocycles. The molecular formula is C21H19F2N3OS. The lowest BCUT2D eigenvalue weighted by molar-refractivity contribution is 0.158. The average Bonchev–Trinajstić information content (AvgIpc) is 3.08. The number of benzene rings is 1. The third-order valence-corrected chi connectivity index (χ3v) is 6.81. The maximum Gasteiger partial charge on any atom is 0.135 e. The second-order valence-corrected chi connectivity index (χ2v) is 8.41. The van der Waals surface area contributed by atoms with Crippen LogP contribution in [0.15, 0.2) is 29.4 Å². The van der Waals surface area contributed by atoms with Gasteiger partial charge in [0.05, 0.1) is 23.9 Å². The summed E-state index contributed by atoms with van der Waals surface area (Å²) < 4.78 is 31.4. The average molecular weight is 399 g/mol. The predicted molar refractivity (Wildman–Crippen MR) is 105 cm³/mol. The second-order valence-electron chi connectivity index (χ2n) is 7.33. The molecule has 0 saturated carbocycles. The summed E-state index contributed by atoms with van der Waals surface area (Å²) in [5.74, 6) is -0.467. The molecule has 1 atom stereocenters. The summed E-state index contributed by atoms with van der Waals surface area (Å²) in [4.78, 5) is 10.3. The molecule has 3 aromatic rings. The van der Waals surface area contributed by atoms with Crippen molar-refractivity contribution >= 4 is 17.0 Å². The highest BCUT2D eigenvalue weighted by molar-refractivity contribution is 7.15. The fourth-order valence-electron chi connectivity index (χ4n) is 4.15. The number of fused-ring (bicyclic) bond motifs is 5. The Bertz CT molecular complexity index is 1100. The maximum absolute atomic E-state index is 14.7. The molecule has 0 amide bonds. The number of aliphatic hydroxyl groups excluding tert-OH is 1. The number of thiophene rings is 1. The summed E-state index contributed by atoms with van der Waals surface area (Å²) in [5.41, 5.74) is 3.08. The van der Waals surface area contributed by atoms with E-state index in [2.05, 4.69) is 14.5 Å². The number of nitrogens with zero attached hydrogens (tertiary/aromatic N) is 3. The number of halogens is 2. The molecule has 0 spiro atoms. The Morgan fingerprint density at radius 2 is 1.89 bits per heavy atom. The summed E-state index contributed by atoms with van der Waals surface area (Å²) in [5, 5.41) is 11.0. The van der Waals surface area contributed by atoms with Crippen molar-refractivity contribution in [3.8, 4) is 5.00 Å². The van der Waals surface area contributed by atoms with E-state index in [0.717, 1.165) is 38.9 Å². The monoisotopic (exact) mass is 399 g/mol. The Labute approximate surface area is 165 Å². The fraction of sp³-hybridized carbons (Fsp3) is 0.333. The molecule has 1 aliphatic carbocycles. The van der Waals surface area contributed by atoms with Crippen molar-refractivity contribution in [2.75, 3.05) is 0 Å². The lowest BCUT2D eigenvalue weighted by atomic mass is 9.96. The number of aromatic nitrogens is 2. The van der Waals surface area contributed by atoms with E-state index in [1.807, 2.05) is 6.92 Å². The zero-order valence-electron chi connectivity index (χ0n) is 15.4. The highest BCUT2D eigenvalue weighted by Gasteiger charge is 2.32. The first-order valence-electron chi connectivity index (χ1n) is 9.40. The lowest BCUT2D eigenvalue weighted by Crippen LogP contribution is -2.13. The van der Waals surface area contributed by atoms with E-state index in [9.17, 15) is 13.9 Å². The van der Waals surface area contributed by atoms with Crippen molar-refractivity contribution in [1.82, 2.24) is 9.55 Å². The Morgan fingerprint density at radius 1 is 1.14 bits per heavy atom. The van der Waals surface area contributed by atoms with Gasteiger partial charge in [0.2, 0.25) is 0 Å². The normalized spacial score (nSPS) is 18.6. The predicted octanol–water partition coefficient (Wildman–Crippen LogP) is 4.11. The molecule has 1 unspecified atom stereocenters. The van der Waals surface area contributed by atoms with Gasteiger partial charge in [0, 0.05) is 22.3 Å². The number of rotatable bonds is 1. The van der Waals surface area contributed by atoms with Crippen LogP contribution in [0.4, 0.5) is 8.78 Å². The van der Waals surface area contributed by atoms with Gasteiger partial charge < -0.3 is 5.11 Å². The summed E-state index contributed by atoms with van der Waals surface area (Å²) in [6, 6.07) is 3.90. The molecule has 0 fully saturated rings. The van der Waals surface area contributed by atoms with Gasteiger partial charge in [0.25, 0.3) is 0 Å². The molecule has 2 aromatic heterocycles. The molecule has 144 valence electrons. The zero-order chi connectivity index (χ0) is 19.4. The molecule has 0 saturated heterocycles. The quantitative estimate of drug-likeness (QED) is 0.626. The van der Waals surface area contributed by atoms with Crippen LogP contribution in [0.25, 0.3) is 5.00 Å².